The molecule has 1 saturated carbocycles. The summed E-state index contributed by atoms with van der Waals surface area (Å²) >= 11 is 0. The van der Waals surface area contributed by atoms with E-state index in [1.165, 1.54) is 24.0 Å². The van der Waals surface area contributed by atoms with Gasteiger partial charge in [-0.1, -0.05) is 31.2 Å². The van der Waals surface area contributed by atoms with E-state index in [9.17, 15) is 5.26 Å². The Morgan fingerprint density at radius 3 is 2.25 bits per heavy atom. The lowest BCUT2D eigenvalue weighted by Gasteiger charge is -2.36. The van der Waals surface area contributed by atoms with E-state index in [0.717, 1.165) is 19.3 Å². The van der Waals surface area contributed by atoms with Gasteiger partial charge >= 0.3 is 0 Å². The molecule has 0 aromatic heterocycles. The fourth-order valence-electron chi connectivity index (χ4n) is 4.16. The smallest absolute Gasteiger partial charge is 0.113 e. The van der Waals surface area contributed by atoms with Gasteiger partial charge in [0.2, 0.25) is 0 Å². The van der Waals surface area contributed by atoms with Gasteiger partial charge in [0, 0.05) is 6.04 Å². The van der Waals surface area contributed by atoms with Gasteiger partial charge in [-0.15, -0.1) is 0 Å². The lowest BCUT2D eigenvalue weighted by molar-refractivity contribution is 0.231. The van der Waals surface area contributed by atoms with Crippen LogP contribution in [0.2, 0.25) is 0 Å². The second-order valence-electron chi connectivity index (χ2n) is 6.58. The van der Waals surface area contributed by atoms with Crippen molar-refractivity contribution in [1.82, 2.24) is 5.32 Å². The van der Waals surface area contributed by atoms with Gasteiger partial charge < -0.3 is 0 Å². The minimum atomic E-state index is -0.311. The molecule has 3 atom stereocenters. The first kappa shape index (κ1) is 13.6. The molecule has 2 bridgehead atoms. The predicted molar refractivity (Wildman–Crippen MR) is 81.3 cm³/mol. The summed E-state index contributed by atoms with van der Waals surface area (Å²) in [7, 11) is 0. The Morgan fingerprint density at radius 1 is 1.25 bits per heavy atom. The molecule has 1 aromatic rings. The van der Waals surface area contributed by atoms with E-state index in [-0.39, 0.29) is 5.54 Å². The van der Waals surface area contributed by atoms with Gasteiger partial charge in [0.15, 0.2) is 0 Å². The summed E-state index contributed by atoms with van der Waals surface area (Å²) in [6.07, 6.45) is 5.58. The Bertz CT molecular complexity index is 495. The topological polar surface area (TPSA) is 35.8 Å². The number of hydrogen-bond donors (Lipinski definition) is 1. The standard InChI is InChI=1S/C18H24N2/c1-3-13(2)20-18(12-19)16-8-9-17(18)11-15-7-5-4-6-14(15)10-16/h4-7,13,16-17,20H,3,8-11H2,1-2H3. The highest BCUT2D eigenvalue weighted by Gasteiger charge is 2.52. The Balaban J connectivity index is 1.97. The van der Waals surface area contributed by atoms with Crippen LogP contribution in [-0.2, 0) is 12.8 Å². The molecule has 106 valence electrons. The molecular formula is C18H24N2. The van der Waals surface area contributed by atoms with Crippen molar-refractivity contribution < 1.29 is 0 Å². The van der Waals surface area contributed by atoms with Crippen LogP contribution in [0, 0.1) is 23.2 Å². The summed E-state index contributed by atoms with van der Waals surface area (Å²) in [6, 6.07) is 11.9. The van der Waals surface area contributed by atoms with Gasteiger partial charge in [0.1, 0.15) is 5.54 Å². The third-order valence-electron chi connectivity index (χ3n) is 5.49. The lowest BCUT2D eigenvalue weighted by Crippen LogP contribution is -2.55. The quantitative estimate of drug-likeness (QED) is 0.911. The zero-order valence-electron chi connectivity index (χ0n) is 12.5. The number of benzene rings is 1. The van der Waals surface area contributed by atoms with Crippen LogP contribution in [-0.4, -0.2) is 11.6 Å². The van der Waals surface area contributed by atoms with Gasteiger partial charge in [-0.3, -0.25) is 5.32 Å². The van der Waals surface area contributed by atoms with Crippen molar-refractivity contribution in [2.24, 2.45) is 11.8 Å². The van der Waals surface area contributed by atoms with Crippen molar-refractivity contribution in [2.75, 3.05) is 0 Å². The fourth-order valence-corrected chi connectivity index (χ4v) is 4.16. The third-order valence-corrected chi connectivity index (χ3v) is 5.49. The molecule has 3 rings (SSSR count). The van der Waals surface area contributed by atoms with Crippen LogP contribution in [0.3, 0.4) is 0 Å². The molecule has 2 aliphatic carbocycles. The number of hydrogen-bond acceptors (Lipinski definition) is 2. The van der Waals surface area contributed by atoms with E-state index in [4.69, 9.17) is 0 Å². The number of nitrogens with one attached hydrogen (secondary N) is 1. The Hall–Kier alpha value is -1.33. The molecule has 2 aliphatic rings. The van der Waals surface area contributed by atoms with E-state index >= 15 is 0 Å². The van der Waals surface area contributed by atoms with E-state index < -0.39 is 0 Å². The molecule has 1 N–H and O–H groups in total. The molecule has 3 unspecified atom stereocenters. The van der Waals surface area contributed by atoms with E-state index in [1.807, 2.05) is 0 Å². The van der Waals surface area contributed by atoms with Crippen LogP contribution < -0.4 is 5.32 Å². The van der Waals surface area contributed by atoms with Gasteiger partial charge in [0.25, 0.3) is 0 Å². The number of rotatable bonds is 3. The van der Waals surface area contributed by atoms with Crippen molar-refractivity contribution in [3.8, 4) is 6.07 Å². The minimum Gasteiger partial charge on any atom is -0.296 e. The normalized spacial score (nSPS) is 33.0. The molecule has 20 heavy (non-hydrogen) atoms. The van der Waals surface area contributed by atoms with Gasteiger partial charge in [-0.25, -0.2) is 0 Å². The van der Waals surface area contributed by atoms with E-state index in [1.54, 1.807) is 0 Å². The van der Waals surface area contributed by atoms with Crippen molar-refractivity contribution in [2.45, 2.75) is 57.5 Å². The highest BCUT2D eigenvalue weighted by molar-refractivity contribution is 5.35. The molecular weight excluding hydrogens is 244 g/mol. The first-order chi connectivity index (χ1) is 9.69. The Labute approximate surface area is 122 Å². The summed E-state index contributed by atoms with van der Waals surface area (Å²) in [5, 5.41) is 13.7. The highest BCUT2D eigenvalue weighted by atomic mass is 15.0. The summed E-state index contributed by atoms with van der Waals surface area (Å²) in [4.78, 5) is 0. The molecule has 0 saturated heterocycles. The maximum Gasteiger partial charge on any atom is 0.113 e. The van der Waals surface area contributed by atoms with Crippen LogP contribution in [0.15, 0.2) is 24.3 Å². The number of nitriles is 1. The maximum atomic E-state index is 9.96. The van der Waals surface area contributed by atoms with Crippen molar-refractivity contribution in [3.05, 3.63) is 35.4 Å². The average molecular weight is 268 g/mol. The molecule has 0 heterocycles. The summed E-state index contributed by atoms with van der Waals surface area (Å²) in [5.74, 6) is 0.935. The van der Waals surface area contributed by atoms with Crippen molar-refractivity contribution >= 4 is 0 Å². The van der Waals surface area contributed by atoms with Gasteiger partial charge in [-0.2, -0.15) is 5.26 Å². The molecule has 0 amide bonds. The first-order valence-electron chi connectivity index (χ1n) is 7.95. The van der Waals surface area contributed by atoms with Gasteiger partial charge in [-0.05, 0) is 62.0 Å². The van der Waals surface area contributed by atoms with Crippen LogP contribution in [0.1, 0.15) is 44.2 Å². The Morgan fingerprint density at radius 2 is 1.80 bits per heavy atom. The summed E-state index contributed by atoms with van der Waals surface area (Å²) < 4.78 is 0. The second kappa shape index (κ2) is 5.22. The van der Waals surface area contributed by atoms with E-state index in [0.29, 0.717) is 17.9 Å². The largest absolute Gasteiger partial charge is 0.296 e. The SMILES string of the molecule is CCC(C)NC1(C#N)C2CCC1Cc1ccccc1C2. The van der Waals surface area contributed by atoms with Crippen LogP contribution in [0.5, 0.6) is 0 Å². The molecule has 0 aliphatic heterocycles. The highest BCUT2D eigenvalue weighted by Crippen LogP contribution is 2.47. The average Bonchev–Trinajstić information content (AvgIpc) is 2.70. The number of fused-ring (bicyclic) bond motifs is 3. The van der Waals surface area contributed by atoms with Crippen LogP contribution >= 0.6 is 0 Å². The minimum absolute atomic E-state index is 0.311. The monoisotopic (exact) mass is 268 g/mol. The third kappa shape index (κ3) is 2.05. The molecule has 2 heteroatoms. The van der Waals surface area contributed by atoms with Crippen LogP contribution in [0.4, 0.5) is 0 Å². The fraction of sp³-hybridized carbons (Fsp3) is 0.611. The Kier molecular flexibility index (Phi) is 3.56. The predicted octanol–water partition coefficient (Wildman–Crippen LogP) is 3.46. The second-order valence-corrected chi connectivity index (χ2v) is 6.58. The maximum absolute atomic E-state index is 9.96. The van der Waals surface area contributed by atoms with Crippen LogP contribution in [0.25, 0.3) is 0 Å². The summed E-state index contributed by atoms with van der Waals surface area (Å²) in [6.45, 7) is 4.40. The van der Waals surface area contributed by atoms with Crippen molar-refractivity contribution in [1.29, 1.82) is 5.26 Å². The molecule has 0 radical (unpaired) electrons. The van der Waals surface area contributed by atoms with Gasteiger partial charge in [0.05, 0.1) is 6.07 Å². The zero-order chi connectivity index (χ0) is 14.2. The lowest BCUT2D eigenvalue weighted by atomic mass is 9.79. The molecule has 1 aromatic carbocycles. The van der Waals surface area contributed by atoms with Crippen molar-refractivity contribution in [3.63, 3.8) is 0 Å². The first-order valence-corrected chi connectivity index (χ1v) is 7.95. The molecule has 0 spiro atoms. The number of nitrogens with zero attached hydrogens (tertiary/aromatic N) is 1. The zero-order valence-corrected chi connectivity index (χ0v) is 12.5. The molecule has 2 nitrogen and oxygen atoms in total. The van der Waals surface area contributed by atoms with E-state index in [2.05, 4.69) is 49.5 Å². The molecule has 1 fully saturated rings. The summed E-state index contributed by atoms with van der Waals surface area (Å²) in [5.41, 5.74) is 2.62.